The molecule has 1 heterocycles. The molecule has 102 valence electrons. The van der Waals surface area contributed by atoms with E-state index in [2.05, 4.69) is 22.1 Å². The first-order valence-corrected chi connectivity index (χ1v) is 7.16. The zero-order valence-corrected chi connectivity index (χ0v) is 11.4. The van der Waals surface area contributed by atoms with Gasteiger partial charge >= 0.3 is 0 Å². The molecular weight excluding hydrogens is 226 g/mol. The summed E-state index contributed by atoms with van der Waals surface area (Å²) in [5, 5.41) is 8.33. The van der Waals surface area contributed by atoms with Crippen molar-refractivity contribution in [3.8, 4) is 0 Å². The predicted molar refractivity (Wildman–Crippen MR) is 72.0 cm³/mol. The monoisotopic (exact) mass is 251 g/mol. The SMILES string of the molecule is CCN(Cc1cn(CCN)nn1)C1CCCCC1. The van der Waals surface area contributed by atoms with Gasteiger partial charge in [0.15, 0.2) is 0 Å². The van der Waals surface area contributed by atoms with Crippen LogP contribution in [-0.4, -0.2) is 39.0 Å². The maximum absolute atomic E-state index is 5.52. The van der Waals surface area contributed by atoms with Gasteiger partial charge in [0.2, 0.25) is 0 Å². The van der Waals surface area contributed by atoms with Crippen LogP contribution >= 0.6 is 0 Å². The molecule has 0 radical (unpaired) electrons. The second-order valence-corrected chi connectivity index (χ2v) is 5.12. The van der Waals surface area contributed by atoms with E-state index in [1.54, 1.807) is 0 Å². The van der Waals surface area contributed by atoms with Gasteiger partial charge in [-0.25, -0.2) is 0 Å². The molecule has 1 aromatic rings. The van der Waals surface area contributed by atoms with Crippen LogP contribution in [0.4, 0.5) is 0 Å². The second kappa shape index (κ2) is 6.85. The highest BCUT2D eigenvalue weighted by molar-refractivity contribution is 4.93. The van der Waals surface area contributed by atoms with Crippen LogP contribution in [0, 0.1) is 0 Å². The molecule has 1 saturated carbocycles. The Bertz CT molecular complexity index is 343. The van der Waals surface area contributed by atoms with Crippen molar-refractivity contribution in [2.75, 3.05) is 13.1 Å². The summed E-state index contributed by atoms with van der Waals surface area (Å²) in [4.78, 5) is 2.54. The van der Waals surface area contributed by atoms with Crippen LogP contribution in [0.3, 0.4) is 0 Å². The van der Waals surface area contributed by atoms with Gasteiger partial charge in [0.25, 0.3) is 0 Å². The third-order valence-electron chi connectivity index (χ3n) is 3.81. The summed E-state index contributed by atoms with van der Waals surface area (Å²) in [6.45, 7) is 5.62. The highest BCUT2D eigenvalue weighted by atomic mass is 15.4. The van der Waals surface area contributed by atoms with E-state index in [-0.39, 0.29) is 0 Å². The second-order valence-electron chi connectivity index (χ2n) is 5.12. The van der Waals surface area contributed by atoms with E-state index in [1.165, 1.54) is 32.1 Å². The highest BCUT2D eigenvalue weighted by Crippen LogP contribution is 2.23. The maximum atomic E-state index is 5.52. The summed E-state index contributed by atoms with van der Waals surface area (Å²) in [5.74, 6) is 0. The maximum Gasteiger partial charge on any atom is 0.0967 e. The van der Waals surface area contributed by atoms with Crippen molar-refractivity contribution < 1.29 is 0 Å². The van der Waals surface area contributed by atoms with Crippen LogP contribution in [0.25, 0.3) is 0 Å². The molecule has 1 aromatic heterocycles. The van der Waals surface area contributed by atoms with E-state index in [0.717, 1.165) is 31.4 Å². The molecule has 0 spiro atoms. The van der Waals surface area contributed by atoms with Crippen LogP contribution < -0.4 is 5.73 Å². The van der Waals surface area contributed by atoms with E-state index in [9.17, 15) is 0 Å². The van der Waals surface area contributed by atoms with Crippen molar-refractivity contribution in [3.05, 3.63) is 11.9 Å². The van der Waals surface area contributed by atoms with Gasteiger partial charge in [0, 0.05) is 25.3 Å². The summed E-state index contributed by atoms with van der Waals surface area (Å²) < 4.78 is 1.84. The summed E-state index contributed by atoms with van der Waals surface area (Å²) in [5.41, 5.74) is 6.58. The molecule has 1 aliphatic rings. The average molecular weight is 251 g/mol. The molecule has 0 saturated heterocycles. The van der Waals surface area contributed by atoms with Gasteiger partial charge in [-0.15, -0.1) is 5.10 Å². The number of aromatic nitrogens is 3. The van der Waals surface area contributed by atoms with Gasteiger partial charge in [-0.3, -0.25) is 9.58 Å². The first kappa shape index (κ1) is 13.5. The summed E-state index contributed by atoms with van der Waals surface area (Å²) in [6.07, 6.45) is 8.86. The zero-order valence-electron chi connectivity index (χ0n) is 11.4. The highest BCUT2D eigenvalue weighted by Gasteiger charge is 2.20. The molecule has 5 heteroatoms. The fourth-order valence-corrected chi connectivity index (χ4v) is 2.81. The number of rotatable bonds is 6. The van der Waals surface area contributed by atoms with Crippen molar-refractivity contribution in [1.29, 1.82) is 0 Å². The lowest BCUT2D eigenvalue weighted by atomic mass is 9.94. The minimum absolute atomic E-state index is 0.614. The Labute approximate surface area is 109 Å². The van der Waals surface area contributed by atoms with Crippen molar-refractivity contribution in [3.63, 3.8) is 0 Å². The Kier molecular flexibility index (Phi) is 5.13. The third kappa shape index (κ3) is 3.53. The average Bonchev–Trinajstić information content (AvgIpc) is 2.85. The molecule has 5 nitrogen and oxygen atoms in total. The Morgan fingerprint density at radius 1 is 1.39 bits per heavy atom. The first-order chi connectivity index (χ1) is 8.83. The van der Waals surface area contributed by atoms with Gasteiger partial charge in [0.1, 0.15) is 0 Å². The molecule has 0 aliphatic heterocycles. The Hall–Kier alpha value is -0.940. The topological polar surface area (TPSA) is 60.0 Å². The normalized spacial score (nSPS) is 17.5. The Morgan fingerprint density at radius 2 is 2.17 bits per heavy atom. The minimum Gasteiger partial charge on any atom is -0.329 e. The molecule has 0 bridgehead atoms. The van der Waals surface area contributed by atoms with Gasteiger partial charge < -0.3 is 5.73 Å². The van der Waals surface area contributed by atoms with E-state index in [0.29, 0.717) is 6.54 Å². The molecule has 0 atom stereocenters. The molecular formula is C13H25N5. The number of nitrogens with zero attached hydrogens (tertiary/aromatic N) is 4. The quantitative estimate of drug-likeness (QED) is 0.830. The standard InChI is InChI=1S/C13H25N5/c1-2-17(13-6-4-3-5-7-13)10-12-11-18(9-8-14)16-15-12/h11,13H,2-10,14H2,1H3. The van der Waals surface area contributed by atoms with Crippen LogP contribution in [0.5, 0.6) is 0 Å². The smallest absolute Gasteiger partial charge is 0.0967 e. The van der Waals surface area contributed by atoms with E-state index in [1.807, 2.05) is 10.9 Å². The Balaban J connectivity index is 1.91. The first-order valence-electron chi connectivity index (χ1n) is 7.16. The fourth-order valence-electron chi connectivity index (χ4n) is 2.81. The summed E-state index contributed by atoms with van der Waals surface area (Å²) in [6, 6.07) is 0.739. The van der Waals surface area contributed by atoms with Crippen LogP contribution in [0.15, 0.2) is 6.20 Å². The number of hydrogen-bond acceptors (Lipinski definition) is 4. The lowest BCUT2D eigenvalue weighted by molar-refractivity contribution is 0.154. The predicted octanol–water partition coefficient (Wildman–Crippen LogP) is 1.39. The fraction of sp³-hybridized carbons (Fsp3) is 0.846. The van der Waals surface area contributed by atoms with Crippen LogP contribution in [0.2, 0.25) is 0 Å². The number of hydrogen-bond donors (Lipinski definition) is 1. The summed E-state index contributed by atoms with van der Waals surface area (Å²) >= 11 is 0. The number of nitrogens with two attached hydrogens (primary N) is 1. The molecule has 2 rings (SSSR count). The van der Waals surface area contributed by atoms with Gasteiger partial charge in [-0.2, -0.15) is 0 Å². The van der Waals surface area contributed by atoms with Crippen LogP contribution in [0.1, 0.15) is 44.7 Å². The molecule has 0 unspecified atom stereocenters. The van der Waals surface area contributed by atoms with E-state index in [4.69, 9.17) is 5.73 Å². The molecule has 1 fully saturated rings. The van der Waals surface area contributed by atoms with E-state index < -0.39 is 0 Å². The van der Waals surface area contributed by atoms with Gasteiger partial charge in [0.05, 0.1) is 12.2 Å². The van der Waals surface area contributed by atoms with Crippen molar-refractivity contribution in [2.24, 2.45) is 5.73 Å². The van der Waals surface area contributed by atoms with Gasteiger partial charge in [-0.05, 0) is 19.4 Å². The molecule has 0 amide bonds. The van der Waals surface area contributed by atoms with Gasteiger partial charge in [-0.1, -0.05) is 31.4 Å². The molecule has 0 aromatic carbocycles. The largest absolute Gasteiger partial charge is 0.329 e. The minimum atomic E-state index is 0.614. The van der Waals surface area contributed by atoms with Crippen molar-refractivity contribution in [1.82, 2.24) is 19.9 Å². The van der Waals surface area contributed by atoms with Crippen molar-refractivity contribution in [2.45, 2.75) is 58.2 Å². The van der Waals surface area contributed by atoms with Crippen molar-refractivity contribution >= 4 is 0 Å². The zero-order chi connectivity index (χ0) is 12.8. The third-order valence-corrected chi connectivity index (χ3v) is 3.81. The molecule has 1 aliphatic carbocycles. The lowest BCUT2D eigenvalue weighted by Gasteiger charge is -2.32. The molecule has 18 heavy (non-hydrogen) atoms. The van der Waals surface area contributed by atoms with E-state index >= 15 is 0 Å². The lowest BCUT2D eigenvalue weighted by Crippen LogP contribution is -2.36. The Morgan fingerprint density at radius 3 is 2.83 bits per heavy atom. The van der Waals surface area contributed by atoms with Crippen LogP contribution in [-0.2, 0) is 13.1 Å². The summed E-state index contributed by atoms with van der Waals surface area (Å²) in [7, 11) is 0. The molecule has 2 N–H and O–H groups in total.